The number of nitrogens with zero attached hydrogens (tertiary/aromatic N) is 3. The van der Waals surface area contributed by atoms with Crippen LogP contribution < -0.4 is 10.6 Å². The third kappa shape index (κ3) is 8.98. The number of hydrogen-bond acceptors (Lipinski definition) is 11. The number of anilines is 1. The van der Waals surface area contributed by atoms with Crippen LogP contribution in [0, 0.1) is 5.92 Å². The number of rotatable bonds is 14. The molecule has 0 bridgehead atoms. The van der Waals surface area contributed by atoms with E-state index in [2.05, 4.69) is 20.6 Å². The molecule has 13 nitrogen and oxygen atoms in total. The highest BCUT2D eigenvalue weighted by Crippen LogP contribution is 2.26. The third-order valence-electron chi connectivity index (χ3n) is 6.34. The van der Waals surface area contributed by atoms with Gasteiger partial charge in [-0.1, -0.05) is 44.2 Å². The number of nitrogens with one attached hydrogen (secondary N) is 2. The molecule has 0 saturated heterocycles. The number of carbonyl (C=O) groups excluding carboxylic acids is 2. The molecule has 2 aromatic heterocycles. The van der Waals surface area contributed by atoms with Gasteiger partial charge >= 0.3 is 18.2 Å². The number of ether oxygens (including phenoxy) is 2. The minimum atomic E-state index is -4.16. The Morgan fingerprint density at radius 2 is 1.86 bits per heavy atom. The number of sulfonamides is 1. The molecule has 2 atom stereocenters. The zero-order valence-electron chi connectivity index (χ0n) is 24.5. The van der Waals surface area contributed by atoms with E-state index in [9.17, 15) is 23.1 Å². The Morgan fingerprint density at radius 1 is 1.09 bits per heavy atom. The summed E-state index contributed by atoms with van der Waals surface area (Å²) in [7, 11) is -4.16. The number of hydrogen-bond donors (Lipinski definition) is 3. The SMILES string of the molecule is CCOC(=O)Nc1nc2ccc(S(=O)(=O)N(CC(C)C)CC(O)C(Cc3ccccc3)NC(=O)OCc3cncs3)cc2o1. The van der Waals surface area contributed by atoms with Crippen LogP contribution in [0.2, 0.25) is 0 Å². The number of benzene rings is 2. The fraction of sp³-hybridized carbons (Fsp3) is 0.379. The van der Waals surface area contributed by atoms with E-state index < -0.39 is 34.4 Å². The third-order valence-corrected chi connectivity index (χ3v) is 8.92. The number of aliphatic hydroxyl groups is 1. The molecule has 2 unspecified atom stereocenters. The molecule has 44 heavy (non-hydrogen) atoms. The van der Waals surface area contributed by atoms with E-state index in [1.165, 1.54) is 33.8 Å². The van der Waals surface area contributed by atoms with Gasteiger partial charge in [0.25, 0.3) is 0 Å². The lowest BCUT2D eigenvalue weighted by Crippen LogP contribution is -2.51. The lowest BCUT2D eigenvalue weighted by molar-refractivity contribution is 0.0876. The topological polar surface area (TPSA) is 173 Å². The number of aromatic nitrogens is 2. The van der Waals surface area contributed by atoms with Gasteiger partial charge in [0.1, 0.15) is 12.1 Å². The van der Waals surface area contributed by atoms with E-state index in [1.54, 1.807) is 18.6 Å². The summed E-state index contributed by atoms with van der Waals surface area (Å²) in [5, 5.41) is 16.5. The lowest BCUT2D eigenvalue weighted by atomic mass is 10.0. The van der Waals surface area contributed by atoms with Crippen LogP contribution in [0.3, 0.4) is 0 Å². The molecule has 3 N–H and O–H groups in total. The molecule has 0 spiro atoms. The monoisotopic (exact) mass is 645 g/mol. The van der Waals surface area contributed by atoms with Crippen molar-refractivity contribution >= 4 is 50.7 Å². The maximum atomic E-state index is 13.9. The van der Waals surface area contributed by atoms with Crippen LogP contribution in [0.1, 0.15) is 31.2 Å². The molecule has 0 aliphatic rings. The van der Waals surface area contributed by atoms with E-state index in [0.717, 1.165) is 10.4 Å². The fourth-order valence-electron chi connectivity index (χ4n) is 4.33. The van der Waals surface area contributed by atoms with Crippen LogP contribution in [-0.4, -0.2) is 71.8 Å². The van der Waals surface area contributed by atoms with Crippen molar-refractivity contribution < 1.29 is 37.0 Å². The summed E-state index contributed by atoms with van der Waals surface area (Å²) in [6.07, 6.45) is -0.978. The van der Waals surface area contributed by atoms with E-state index >= 15 is 0 Å². The standard InChI is InChI=1S/C29H35N5O8S2/c1-4-40-29(37)33-27-31-23-11-10-22(13-26(23)42-27)44(38,39)34(15-19(2)3)16-25(35)24(12-20-8-6-5-7-9-20)32-28(36)41-17-21-14-30-18-43-21/h5-11,13-14,18-19,24-25,35H,4,12,15-17H2,1-3H3,(H,32,36)(H,31,33,37). The van der Waals surface area contributed by atoms with Crippen LogP contribution in [0.15, 0.2) is 69.6 Å². The Hall–Kier alpha value is -4.05. The highest BCUT2D eigenvalue weighted by molar-refractivity contribution is 7.89. The smallest absolute Gasteiger partial charge is 0.415 e. The fourth-order valence-corrected chi connectivity index (χ4v) is 6.47. The largest absolute Gasteiger partial charge is 0.450 e. The second kappa shape index (κ2) is 15.1. The highest BCUT2D eigenvalue weighted by Gasteiger charge is 2.32. The highest BCUT2D eigenvalue weighted by atomic mass is 32.2. The van der Waals surface area contributed by atoms with E-state index in [4.69, 9.17) is 13.9 Å². The molecule has 4 aromatic rings. The Kier molecular flexibility index (Phi) is 11.3. The van der Waals surface area contributed by atoms with Crippen LogP contribution in [0.5, 0.6) is 0 Å². The Balaban J connectivity index is 1.55. The van der Waals surface area contributed by atoms with Gasteiger partial charge < -0.3 is 24.3 Å². The van der Waals surface area contributed by atoms with Gasteiger partial charge in [0.05, 0.1) is 34.0 Å². The normalized spacial score (nSPS) is 13.1. The average Bonchev–Trinajstić information content (AvgIpc) is 3.65. The number of fused-ring (bicyclic) bond motifs is 1. The molecule has 0 fully saturated rings. The van der Waals surface area contributed by atoms with Crippen LogP contribution >= 0.6 is 11.3 Å². The van der Waals surface area contributed by atoms with Crippen molar-refractivity contribution in [2.24, 2.45) is 5.92 Å². The van der Waals surface area contributed by atoms with Crippen molar-refractivity contribution in [3.8, 4) is 0 Å². The summed E-state index contributed by atoms with van der Waals surface area (Å²) in [5.41, 5.74) is 2.92. The first-order valence-electron chi connectivity index (χ1n) is 13.9. The van der Waals surface area contributed by atoms with Gasteiger partial charge in [-0.2, -0.15) is 9.29 Å². The Bertz CT molecular complexity index is 1630. The van der Waals surface area contributed by atoms with Crippen molar-refractivity contribution in [1.29, 1.82) is 0 Å². The van der Waals surface area contributed by atoms with E-state index in [-0.39, 0.29) is 55.1 Å². The predicted octanol–water partition coefficient (Wildman–Crippen LogP) is 4.40. The first-order valence-corrected chi connectivity index (χ1v) is 16.2. The maximum Gasteiger partial charge on any atom is 0.415 e. The summed E-state index contributed by atoms with van der Waals surface area (Å²) >= 11 is 1.34. The summed E-state index contributed by atoms with van der Waals surface area (Å²) in [6.45, 7) is 5.32. The molecular weight excluding hydrogens is 610 g/mol. The van der Waals surface area contributed by atoms with Crippen molar-refractivity contribution in [3.63, 3.8) is 0 Å². The Labute approximate surface area is 259 Å². The number of oxazole rings is 1. The summed E-state index contributed by atoms with van der Waals surface area (Å²) in [5.74, 6) is -0.0868. The number of amides is 2. The van der Waals surface area contributed by atoms with Crippen molar-refractivity contribution in [2.45, 2.75) is 50.8 Å². The van der Waals surface area contributed by atoms with Crippen LogP contribution in [-0.2, 0) is 32.5 Å². The van der Waals surface area contributed by atoms with Gasteiger partial charge in [-0.25, -0.2) is 23.3 Å². The average molecular weight is 646 g/mol. The molecule has 2 amide bonds. The minimum absolute atomic E-state index is 0.0135. The number of carbonyl (C=O) groups is 2. The zero-order chi connectivity index (χ0) is 31.7. The lowest BCUT2D eigenvalue weighted by Gasteiger charge is -2.30. The molecule has 0 saturated carbocycles. The van der Waals surface area contributed by atoms with E-state index in [0.29, 0.717) is 5.52 Å². The molecule has 2 heterocycles. The number of aliphatic hydroxyl groups excluding tert-OH is 1. The minimum Gasteiger partial charge on any atom is -0.450 e. The van der Waals surface area contributed by atoms with Crippen molar-refractivity contribution in [2.75, 3.05) is 25.0 Å². The van der Waals surface area contributed by atoms with Crippen LogP contribution in [0.25, 0.3) is 11.1 Å². The molecule has 236 valence electrons. The zero-order valence-corrected chi connectivity index (χ0v) is 26.1. The van der Waals surface area contributed by atoms with Gasteiger partial charge in [-0.3, -0.25) is 4.98 Å². The van der Waals surface area contributed by atoms with Gasteiger partial charge in [0.15, 0.2) is 5.58 Å². The second-order valence-electron chi connectivity index (χ2n) is 10.3. The summed E-state index contributed by atoms with van der Waals surface area (Å²) in [4.78, 5) is 33.2. The Morgan fingerprint density at radius 3 is 2.55 bits per heavy atom. The molecule has 0 aliphatic heterocycles. The van der Waals surface area contributed by atoms with Crippen molar-refractivity contribution in [1.82, 2.24) is 19.6 Å². The molecule has 15 heteroatoms. The number of alkyl carbamates (subject to hydrolysis) is 1. The molecule has 0 radical (unpaired) electrons. The van der Waals surface area contributed by atoms with Gasteiger partial charge in [0.2, 0.25) is 10.0 Å². The maximum absolute atomic E-state index is 13.9. The van der Waals surface area contributed by atoms with Gasteiger partial charge in [-0.05, 0) is 37.0 Å². The van der Waals surface area contributed by atoms with E-state index in [1.807, 2.05) is 44.2 Å². The van der Waals surface area contributed by atoms with Crippen LogP contribution in [0.4, 0.5) is 15.6 Å². The first kappa shape index (κ1) is 32.9. The molecule has 0 aliphatic carbocycles. The summed E-state index contributed by atoms with van der Waals surface area (Å²) in [6, 6.07) is 12.4. The van der Waals surface area contributed by atoms with Gasteiger partial charge in [-0.15, -0.1) is 11.3 Å². The van der Waals surface area contributed by atoms with Gasteiger partial charge in [0, 0.05) is 25.4 Å². The number of thiazole rings is 1. The van der Waals surface area contributed by atoms with Crippen molar-refractivity contribution in [3.05, 3.63) is 70.7 Å². The molecular formula is C29H35N5O8S2. The summed E-state index contributed by atoms with van der Waals surface area (Å²) < 4.78 is 44.7. The first-order chi connectivity index (χ1) is 21.0. The molecule has 2 aromatic carbocycles. The second-order valence-corrected chi connectivity index (χ2v) is 13.2. The predicted molar refractivity (Wildman–Crippen MR) is 164 cm³/mol. The quantitative estimate of drug-likeness (QED) is 0.178. The molecule has 4 rings (SSSR count).